The SMILES string of the molecule is CC(C)NCC1CCCCN1CCC(=O)N(C)C. The molecule has 0 aromatic rings. The molecule has 1 saturated heterocycles. The zero-order valence-electron chi connectivity index (χ0n) is 12.4. The average Bonchev–Trinajstić information content (AvgIpc) is 2.34. The van der Waals surface area contributed by atoms with Crippen molar-refractivity contribution in [3.8, 4) is 0 Å². The van der Waals surface area contributed by atoms with Crippen molar-refractivity contribution < 1.29 is 4.79 Å². The standard InChI is InChI=1S/C14H29N3O/c1-12(2)15-11-13-7-5-6-9-17(13)10-8-14(18)16(3)4/h12-13,15H,5-11H2,1-4H3. The Labute approximate surface area is 112 Å². The van der Waals surface area contributed by atoms with Crippen LogP contribution in [0.2, 0.25) is 0 Å². The van der Waals surface area contributed by atoms with E-state index in [0.29, 0.717) is 18.5 Å². The highest BCUT2D eigenvalue weighted by atomic mass is 16.2. The van der Waals surface area contributed by atoms with Crippen LogP contribution in [-0.4, -0.2) is 61.5 Å². The van der Waals surface area contributed by atoms with Gasteiger partial charge in [0.15, 0.2) is 0 Å². The van der Waals surface area contributed by atoms with Crippen LogP contribution in [0, 0.1) is 0 Å². The summed E-state index contributed by atoms with van der Waals surface area (Å²) in [4.78, 5) is 15.8. The highest BCUT2D eigenvalue weighted by Gasteiger charge is 2.22. The van der Waals surface area contributed by atoms with E-state index >= 15 is 0 Å². The van der Waals surface area contributed by atoms with Crippen LogP contribution < -0.4 is 5.32 Å². The fraction of sp³-hybridized carbons (Fsp3) is 0.929. The summed E-state index contributed by atoms with van der Waals surface area (Å²) in [6, 6.07) is 1.15. The summed E-state index contributed by atoms with van der Waals surface area (Å²) >= 11 is 0. The highest BCUT2D eigenvalue weighted by molar-refractivity contribution is 5.75. The molecule has 0 saturated carbocycles. The van der Waals surface area contributed by atoms with Gasteiger partial charge in [-0.05, 0) is 19.4 Å². The molecular weight excluding hydrogens is 226 g/mol. The minimum Gasteiger partial charge on any atom is -0.349 e. The van der Waals surface area contributed by atoms with Gasteiger partial charge in [0.25, 0.3) is 0 Å². The normalized spacial score (nSPS) is 21.3. The van der Waals surface area contributed by atoms with Crippen LogP contribution in [0.4, 0.5) is 0 Å². The van der Waals surface area contributed by atoms with Gasteiger partial charge in [0.1, 0.15) is 0 Å². The summed E-state index contributed by atoms with van der Waals surface area (Å²) < 4.78 is 0. The van der Waals surface area contributed by atoms with Crippen molar-refractivity contribution >= 4 is 5.91 Å². The third-order valence-corrected chi connectivity index (χ3v) is 3.62. The maximum atomic E-state index is 11.6. The van der Waals surface area contributed by atoms with E-state index in [1.807, 2.05) is 14.1 Å². The van der Waals surface area contributed by atoms with Gasteiger partial charge in [0.2, 0.25) is 5.91 Å². The van der Waals surface area contributed by atoms with E-state index in [2.05, 4.69) is 24.1 Å². The second-order valence-corrected chi connectivity index (χ2v) is 5.79. The summed E-state index contributed by atoms with van der Waals surface area (Å²) in [6.45, 7) is 7.46. The Morgan fingerprint density at radius 1 is 1.39 bits per heavy atom. The van der Waals surface area contributed by atoms with Crippen molar-refractivity contribution in [2.75, 3.05) is 33.7 Å². The number of piperidine rings is 1. The van der Waals surface area contributed by atoms with Crippen LogP contribution in [0.25, 0.3) is 0 Å². The Balaban J connectivity index is 2.37. The number of likely N-dealkylation sites (tertiary alicyclic amines) is 1. The summed E-state index contributed by atoms with van der Waals surface area (Å²) in [7, 11) is 3.66. The first-order valence-corrected chi connectivity index (χ1v) is 7.18. The number of hydrogen-bond donors (Lipinski definition) is 1. The number of carbonyl (C=O) groups is 1. The lowest BCUT2D eigenvalue weighted by Crippen LogP contribution is -2.47. The van der Waals surface area contributed by atoms with Crippen LogP contribution in [-0.2, 0) is 4.79 Å². The molecule has 4 heteroatoms. The Bertz CT molecular complexity index is 253. The van der Waals surface area contributed by atoms with Gasteiger partial charge in [0, 0.05) is 45.7 Å². The van der Waals surface area contributed by atoms with Crippen LogP contribution in [0.15, 0.2) is 0 Å². The molecule has 1 atom stereocenters. The molecule has 0 aliphatic carbocycles. The lowest BCUT2D eigenvalue weighted by Gasteiger charge is -2.36. The van der Waals surface area contributed by atoms with E-state index in [9.17, 15) is 4.79 Å². The predicted molar refractivity (Wildman–Crippen MR) is 75.7 cm³/mol. The number of rotatable bonds is 6. The largest absolute Gasteiger partial charge is 0.349 e. The van der Waals surface area contributed by atoms with Gasteiger partial charge in [-0.3, -0.25) is 9.69 Å². The van der Waals surface area contributed by atoms with Gasteiger partial charge in [-0.15, -0.1) is 0 Å². The first kappa shape index (κ1) is 15.4. The summed E-state index contributed by atoms with van der Waals surface area (Å²) in [5, 5.41) is 3.52. The van der Waals surface area contributed by atoms with E-state index in [0.717, 1.165) is 19.6 Å². The average molecular weight is 255 g/mol. The molecule has 1 N–H and O–H groups in total. The molecular formula is C14H29N3O. The minimum absolute atomic E-state index is 0.233. The van der Waals surface area contributed by atoms with Crippen molar-refractivity contribution in [1.82, 2.24) is 15.1 Å². The Kier molecular flexibility index (Phi) is 6.65. The lowest BCUT2D eigenvalue weighted by atomic mass is 10.0. The minimum atomic E-state index is 0.233. The molecule has 4 nitrogen and oxygen atoms in total. The van der Waals surface area contributed by atoms with Gasteiger partial charge in [-0.2, -0.15) is 0 Å². The molecule has 1 aliphatic rings. The van der Waals surface area contributed by atoms with E-state index in [4.69, 9.17) is 0 Å². The van der Waals surface area contributed by atoms with Crippen LogP contribution in [0.1, 0.15) is 39.5 Å². The van der Waals surface area contributed by atoms with Gasteiger partial charge in [-0.1, -0.05) is 20.3 Å². The molecule has 0 spiro atoms. The van der Waals surface area contributed by atoms with Crippen LogP contribution >= 0.6 is 0 Å². The summed E-state index contributed by atoms with van der Waals surface area (Å²) in [6.07, 6.45) is 4.50. The molecule has 1 rings (SSSR count). The monoisotopic (exact) mass is 255 g/mol. The van der Waals surface area contributed by atoms with E-state index < -0.39 is 0 Å². The third-order valence-electron chi connectivity index (χ3n) is 3.62. The number of carbonyl (C=O) groups excluding carboxylic acids is 1. The molecule has 0 radical (unpaired) electrons. The van der Waals surface area contributed by atoms with Crippen LogP contribution in [0.5, 0.6) is 0 Å². The Morgan fingerprint density at radius 2 is 2.11 bits per heavy atom. The third kappa shape index (κ3) is 5.36. The molecule has 0 bridgehead atoms. The number of nitrogens with zero attached hydrogens (tertiary/aromatic N) is 2. The van der Waals surface area contributed by atoms with Crippen molar-refractivity contribution in [3.63, 3.8) is 0 Å². The molecule has 1 heterocycles. The molecule has 0 aromatic carbocycles. The maximum absolute atomic E-state index is 11.6. The predicted octanol–water partition coefficient (Wildman–Crippen LogP) is 1.32. The molecule has 106 valence electrons. The topological polar surface area (TPSA) is 35.6 Å². The second-order valence-electron chi connectivity index (χ2n) is 5.79. The zero-order valence-corrected chi connectivity index (χ0v) is 12.4. The fourth-order valence-corrected chi connectivity index (χ4v) is 2.42. The Morgan fingerprint density at radius 3 is 2.72 bits per heavy atom. The van der Waals surface area contributed by atoms with Crippen molar-refractivity contribution in [3.05, 3.63) is 0 Å². The number of nitrogens with one attached hydrogen (secondary N) is 1. The van der Waals surface area contributed by atoms with Crippen LogP contribution in [0.3, 0.4) is 0 Å². The smallest absolute Gasteiger partial charge is 0.223 e. The highest BCUT2D eigenvalue weighted by Crippen LogP contribution is 2.16. The van der Waals surface area contributed by atoms with Gasteiger partial charge in [0.05, 0.1) is 0 Å². The molecule has 1 aliphatic heterocycles. The molecule has 1 fully saturated rings. The molecule has 1 unspecified atom stereocenters. The first-order chi connectivity index (χ1) is 8.50. The quantitative estimate of drug-likeness (QED) is 0.777. The first-order valence-electron chi connectivity index (χ1n) is 7.18. The maximum Gasteiger partial charge on any atom is 0.223 e. The van der Waals surface area contributed by atoms with Crippen molar-refractivity contribution in [2.45, 2.75) is 51.6 Å². The number of amides is 1. The zero-order chi connectivity index (χ0) is 13.5. The molecule has 1 amide bonds. The lowest BCUT2D eigenvalue weighted by molar-refractivity contribution is -0.129. The van der Waals surface area contributed by atoms with Gasteiger partial charge in [-0.25, -0.2) is 0 Å². The van der Waals surface area contributed by atoms with E-state index in [1.54, 1.807) is 4.90 Å². The number of hydrogen-bond acceptors (Lipinski definition) is 3. The van der Waals surface area contributed by atoms with Gasteiger partial charge >= 0.3 is 0 Å². The van der Waals surface area contributed by atoms with Crippen molar-refractivity contribution in [1.29, 1.82) is 0 Å². The van der Waals surface area contributed by atoms with E-state index in [1.165, 1.54) is 19.3 Å². The molecule has 18 heavy (non-hydrogen) atoms. The Hall–Kier alpha value is -0.610. The van der Waals surface area contributed by atoms with E-state index in [-0.39, 0.29) is 5.91 Å². The summed E-state index contributed by atoms with van der Waals surface area (Å²) in [5.41, 5.74) is 0. The summed E-state index contributed by atoms with van der Waals surface area (Å²) in [5.74, 6) is 0.233. The van der Waals surface area contributed by atoms with Gasteiger partial charge < -0.3 is 10.2 Å². The fourth-order valence-electron chi connectivity index (χ4n) is 2.42. The van der Waals surface area contributed by atoms with Crippen molar-refractivity contribution in [2.24, 2.45) is 0 Å². The molecule has 0 aromatic heterocycles. The second kappa shape index (κ2) is 7.74.